The molecule has 4 amide bonds. The number of urea groups is 2. The number of benzene rings is 2. The number of rotatable bonds is 9. The Morgan fingerprint density at radius 1 is 0.673 bits per heavy atom. The van der Waals surface area contributed by atoms with E-state index in [9.17, 15) is 26.4 Å². The van der Waals surface area contributed by atoms with Gasteiger partial charge in [0.1, 0.15) is 23.8 Å². The molecule has 5 N–H and O–H groups in total. The lowest BCUT2D eigenvalue weighted by Gasteiger charge is -2.19. The average Bonchev–Trinajstić information content (AvgIpc) is 3.98. The monoisotopic (exact) mass is 786 g/mol. The number of anilines is 4. The van der Waals surface area contributed by atoms with Crippen LogP contribution in [0.3, 0.4) is 0 Å². The summed E-state index contributed by atoms with van der Waals surface area (Å²) in [7, 11) is -3.74. The molecule has 8 rings (SSSR count). The summed E-state index contributed by atoms with van der Waals surface area (Å²) in [5.74, 6) is 0.410. The van der Waals surface area contributed by atoms with Crippen molar-refractivity contribution in [3.63, 3.8) is 0 Å². The van der Waals surface area contributed by atoms with Gasteiger partial charge in [-0.1, -0.05) is 12.1 Å². The molecule has 0 bridgehead atoms. The van der Waals surface area contributed by atoms with Crippen LogP contribution in [0, 0.1) is 0 Å². The Morgan fingerprint density at radius 2 is 1.24 bits per heavy atom. The smallest absolute Gasteiger partial charge is 0.333 e. The van der Waals surface area contributed by atoms with Crippen molar-refractivity contribution in [3.8, 4) is 0 Å². The number of sulfonamides is 2. The predicted molar refractivity (Wildman–Crippen MR) is 206 cm³/mol. The third-order valence-corrected chi connectivity index (χ3v) is 13.4. The van der Waals surface area contributed by atoms with Crippen molar-refractivity contribution in [1.82, 2.24) is 29.4 Å². The SMILES string of the molecule is CNc1cc(S(=O)(=O)NC(=O)Nc2c3c(cc4c2CCC4)CCC3)nc(C2CCc3c2cc2c(c3NC(=O)NS(=O)(=O)c3cc(N(C)C)ncn3)CCC2)n1. The van der Waals surface area contributed by atoms with Crippen molar-refractivity contribution >= 4 is 55.1 Å². The zero-order valence-electron chi connectivity index (χ0n) is 30.7. The number of aryl methyl sites for hydroxylation is 3. The summed E-state index contributed by atoms with van der Waals surface area (Å²) >= 11 is 0. The Hall–Kier alpha value is -5.36. The minimum atomic E-state index is -4.44. The van der Waals surface area contributed by atoms with E-state index < -0.39 is 38.0 Å². The number of hydrogen-bond donors (Lipinski definition) is 5. The Morgan fingerprint density at radius 3 is 1.82 bits per heavy atom. The van der Waals surface area contributed by atoms with E-state index in [1.165, 1.54) is 23.3 Å². The van der Waals surface area contributed by atoms with E-state index in [4.69, 9.17) is 0 Å². The Labute approximate surface area is 319 Å². The van der Waals surface area contributed by atoms with Crippen LogP contribution in [0.5, 0.6) is 0 Å². The number of hydrogen-bond acceptors (Lipinski definition) is 12. The van der Waals surface area contributed by atoms with E-state index in [1.807, 2.05) is 0 Å². The van der Waals surface area contributed by atoms with Crippen LogP contribution in [-0.4, -0.2) is 70.0 Å². The molecule has 4 aliphatic rings. The van der Waals surface area contributed by atoms with Crippen molar-refractivity contribution in [3.05, 3.63) is 80.9 Å². The first-order valence-electron chi connectivity index (χ1n) is 18.4. The molecule has 1 atom stereocenters. The highest BCUT2D eigenvalue weighted by molar-refractivity contribution is 7.90. The topological polar surface area (TPSA) is 217 Å². The molecule has 2 aromatic heterocycles. The van der Waals surface area contributed by atoms with Crippen LogP contribution in [0.1, 0.15) is 81.9 Å². The fraction of sp³-hybridized carbons (Fsp3) is 0.405. The molecule has 0 fully saturated rings. The summed E-state index contributed by atoms with van der Waals surface area (Å²) in [4.78, 5) is 45.4. The summed E-state index contributed by atoms with van der Waals surface area (Å²) in [6.45, 7) is 0. The first kappa shape index (κ1) is 36.6. The first-order valence-corrected chi connectivity index (χ1v) is 21.4. The summed E-state index contributed by atoms with van der Waals surface area (Å²) in [6.07, 6.45) is 9.95. The molecule has 16 nitrogen and oxygen atoms in total. The lowest BCUT2D eigenvalue weighted by Crippen LogP contribution is -2.35. The molecule has 0 spiro atoms. The van der Waals surface area contributed by atoms with Crippen molar-refractivity contribution < 1.29 is 26.4 Å². The van der Waals surface area contributed by atoms with E-state index >= 15 is 0 Å². The Kier molecular flexibility index (Phi) is 9.35. The molecule has 55 heavy (non-hydrogen) atoms. The van der Waals surface area contributed by atoms with Crippen molar-refractivity contribution in [1.29, 1.82) is 0 Å². The van der Waals surface area contributed by atoms with Crippen LogP contribution < -0.4 is 30.3 Å². The van der Waals surface area contributed by atoms with Crippen LogP contribution >= 0.6 is 0 Å². The van der Waals surface area contributed by atoms with E-state index in [-0.39, 0.29) is 21.7 Å². The van der Waals surface area contributed by atoms with E-state index in [2.05, 4.69) is 57.5 Å². The van der Waals surface area contributed by atoms with Crippen LogP contribution in [0.25, 0.3) is 0 Å². The van der Waals surface area contributed by atoms with Gasteiger partial charge >= 0.3 is 12.1 Å². The van der Waals surface area contributed by atoms with Gasteiger partial charge in [0.25, 0.3) is 20.0 Å². The molecular weight excluding hydrogens is 745 g/mol. The minimum Gasteiger partial charge on any atom is -0.373 e. The number of carbonyl (C=O) groups is 2. The number of fused-ring (bicyclic) bond motifs is 4. The standard InChI is InChI=1S/C37H42N10O6S2/c1-38-29-17-32(55(52,53)46-36(48)43-33-23-10-4-7-20(23)15-21-8-5-11-24(21)33)42-35(41-29)27-14-13-26-28(27)16-22-9-6-12-25(22)34(26)44-37(49)45-54(50,51)31-18-30(47(2)3)39-19-40-31/h15-19,27H,4-14H2,1-3H3,(H,38,41,42)(H2,43,46,48)(H2,44,45,49). The fourth-order valence-electron chi connectivity index (χ4n) is 8.44. The van der Waals surface area contributed by atoms with Crippen LogP contribution in [0.15, 0.2) is 40.6 Å². The second-order valence-corrected chi connectivity index (χ2v) is 17.8. The van der Waals surface area contributed by atoms with Crippen molar-refractivity contribution in [2.75, 3.05) is 42.0 Å². The highest BCUT2D eigenvalue weighted by Crippen LogP contribution is 2.45. The fourth-order valence-corrected chi connectivity index (χ4v) is 10.2. The molecule has 288 valence electrons. The predicted octanol–water partition coefficient (Wildman–Crippen LogP) is 3.94. The van der Waals surface area contributed by atoms with Gasteiger partial charge in [0.2, 0.25) is 0 Å². The van der Waals surface area contributed by atoms with Gasteiger partial charge < -0.3 is 20.9 Å². The van der Waals surface area contributed by atoms with Crippen molar-refractivity contribution in [2.45, 2.75) is 86.6 Å². The number of nitrogens with zero attached hydrogens (tertiary/aromatic N) is 5. The van der Waals surface area contributed by atoms with Crippen molar-refractivity contribution in [2.24, 2.45) is 0 Å². The number of nitrogens with one attached hydrogen (secondary N) is 5. The van der Waals surface area contributed by atoms with E-state index in [0.717, 1.165) is 96.8 Å². The highest BCUT2D eigenvalue weighted by atomic mass is 32.2. The van der Waals surface area contributed by atoms with Gasteiger partial charge in [-0.05, 0) is 115 Å². The van der Waals surface area contributed by atoms with Gasteiger partial charge in [-0.2, -0.15) is 16.8 Å². The van der Waals surface area contributed by atoms with E-state index in [0.29, 0.717) is 30.8 Å². The first-order chi connectivity index (χ1) is 26.3. The Balaban J connectivity index is 1.06. The number of amides is 4. The lowest BCUT2D eigenvalue weighted by atomic mass is 9.94. The second kappa shape index (κ2) is 14.1. The molecule has 2 aromatic carbocycles. The molecule has 0 saturated heterocycles. The molecule has 0 radical (unpaired) electrons. The van der Waals surface area contributed by atoms with Crippen LogP contribution in [0.4, 0.5) is 32.6 Å². The van der Waals surface area contributed by atoms with E-state index in [1.54, 1.807) is 26.0 Å². The van der Waals surface area contributed by atoms with Crippen LogP contribution in [0.2, 0.25) is 0 Å². The number of aromatic nitrogens is 4. The molecule has 4 aliphatic carbocycles. The summed E-state index contributed by atoms with van der Waals surface area (Å²) in [6, 6.07) is 5.07. The lowest BCUT2D eigenvalue weighted by molar-refractivity contribution is 0.255. The molecule has 18 heteroatoms. The largest absolute Gasteiger partial charge is 0.373 e. The zero-order valence-corrected chi connectivity index (χ0v) is 32.4. The molecular formula is C37H42N10O6S2. The molecule has 1 unspecified atom stereocenters. The molecule has 4 aromatic rings. The van der Waals surface area contributed by atoms with Crippen LogP contribution in [-0.2, 0) is 65.0 Å². The van der Waals surface area contributed by atoms with Gasteiger partial charge in [0.05, 0.1) is 0 Å². The maximum atomic E-state index is 13.8. The minimum absolute atomic E-state index is 0.237. The van der Waals surface area contributed by atoms with Gasteiger partial charge in [0, 0.05) is 50.6 Å². The third kappa shape index (κ3) is 6.92. The summed E-state index contributed by atoms with van der Waals surface area (Å²) in [5.41, 5.74) is 9.41. The zero-order chi connectivity index (χ0) is 38.6. The summed E-state index contributed by atoms with van der Waals surface area (Å²) in [5, 5.41) is 7.92. The summed E-state index contributed by atoms with van der Waals surface area (Å²) < 4.78 is 58.1. The van der Waals surface area contributed by atoms with Gasteiger partial charge in [-0.15, -0.1) is 0 Å². The number of carbonyl (C=O) groups excluding carboxylic acids is 2. The third-order valence-electron chi connectivity index (χ3n) is 10.9. The molecule has 0 saturated carbocycles. The normalized spacial score (nSPS) is 16.8. The molecule has 2 heterocycles. The second-order valence-electron chi connectivity index (χ2n) is 14.6. The maximum Gasteiger partial charge on any atom is 0.333 e. The Bertz CT molecular complexity index is 2460. The quantitative estimate of drug-likeness (QED) is 0.153. The molecule has 0 aliphatic heterocycles. The average molecular weight is 787 g/mol. The maximum absolute atomic E-state index is 13.8. The van der Waals surface area contributed by atoms with Gasteiger partial charge in [0.15, 0.2) is 10.1 Å². The highest BCUT2D eigenvalue weighted by Gasteiger charge is 2.35. The van der Waals surface area contributed by atoms with Gasteiger partial charge in [-0.25, -0.2) is 39.0 Å². The van der Waals surface area contributed by atoms with Gasteiger partial charge in [-0.3, -0.25) is 0 Å².